The lowest BCUT2D eigenvalue weighted by molar-refractivity contribution is -0.890. The molecule has 0 aliphatic heterocycles. The van der Waals surface area contributed by atoms with Crippen molar-refractivity contribution in [3.8, 4) is 0 Å². The predicted octanol–water partition coefficient (Wildman–Crippen LogP) is 11.9. The molecule has 0 aromatic carbocycles. The molecule has 0 saturated heterocycles. The monoisotopic (exact) mass is 707 g/mol. The van der Waals surface area contributed by atoms with Gasteiger partial charge in [0.05, 0.1) is 34.2 Å². The highest BCUT2D eigenvalue weighted by Gasteiger charge is 2.13. The third kappa shape index (κ3) is 58.0. The summed E-state index contributed by atoms with van der Waals surface area (Å²) in [6.07, 6.45) is 49.9. The van der Waals surface area contributed by atoms with Gasteiger partial charge in [-0.05, 0) is 25.7 Å². The van der Waals surface area contributed by atoms with Crippen LogP contribution in [0.5, 0.6) is 0 Å². The Labute approximate surface area is 303 Å². The molecule has 0 spiro atoms. The summed E-state index contributed by atoms with van der Waals surface area (Å²) in [5, 5.41) is 0. The smallest absolute Gasteiger partial charge is 0.0782 e. The number of rotatable bonds is 36. The van der Waals surface area contributed by atoms with Crippen molar-refractivity contribution in [1.82, 2.24) is 0 Å². The molecule has 0 fully saturated rings. The molecule has 0 aromatic rings. The van der Waals surface area contributed by atoms with Gasteiger partial charge in [0.1, 0.15) is 0 Å². The average molecular weight is 707 g/mol. The number of nitrogens with zero attached hydrogens (tertiary/aromatic N) is 1. The van der Waals surface area contributed by atoms with Crippen LogP contribution in [0.25, 0.3) is 0 Å². The van der Waals surface area contributed by atoms with Crippen LogP contribution in [0.1, 0.15) is 232 Å². The van der Waals surface area contributed by atoms with E-state index in [1.165, 1.54) is 236 Å². The third-order valence-electron chi connectivity index (χ3n) is 9.73. The van der Waals surface area contributed by atoms with Crippen LogP contribution in [0.4, 0.5) is 0 Å². The van der Waals surface area contributed by atoms with Crippen molar-refractivity contribution in [2.75, 3.05) is 34.2 Å². The van der Waals surface area contributed by atoms with E-state index in [2.05, 4.69) is 33.7 Å². The van der Waals surface area contributed by atoms with Crippen molar-refractivity contribution in [3.05, 3.63) is 0 Å². The van der Waals surface area contributed by atoms with Crippen molar-refractivity contribution in [1.29, 1.82) is 0 Å². The molecule has 0 aliphatic carbocycles. The van der Waals surface area contributed by atoms with Crippen LogP contribution in [-0.2, 0) is 10.4 Å². The molecule has 294 valence electrons. The molecule has 0 amide bonds. The largest absolute Gasteiger partial charge is 0.759 e. The first-order chi connectivity index (χ1) is 23.1. The van der Waals surface area contributed by atoms with Crippen LogP contribution >= 0.6 is 0 Å². The van der Waals surface area contributed by atoms with Gasteiger partial charge in [0.25, 0.3) is 0 Å². The minimum atomic E-state index is -5.17. The highest BCUT2D eigenvalue weighted by atomic mass is 32.3. The first-order valence-corrected chi connectivity index (χ1v) is 22.6. The summed E-state index contributed by atoms with van der Waals surface area (Å²) in [7, 11) is 1.52. The molecule has 0 atom stereocenters. The summed E-state index contributed by atoms with van der Waals surface area (Å²) >= 11 is 0. The van der Waals surface area contributed by atoms with Gasteiger partial charge in [0.2, 0.25) is 0 Å². The quantitative estimate of drug-likeness (QED) is 0.0303. The lowest BCUT2D eigenvalue weighted by Gasteiger charge is -2.30. The van der Waals surface area contributed by atoms with Gasteiger partial charge in [-0.15, -0.1) is 0 Å². The van der Waals surface area contributed by atoms with Gasteiger partial charge in [0, 0.05) is 10.4 Å². The molecular formula is C41H90N2O4S. The Morgan fingerprint density at radius 3 is 0.625 bits per heavy atom. The summed E-state index contributed by atoms with van der Waals surface area (Å²) in [4.78, 5) is 0. The molecule has 0 aliphatic rings. The molecule has 48 heavy (non-hydrogen) atoms. The van der Waals surface area contributed by atoms with E-state index in [9.17, 15) is 0 Å². The Kier molecular flexibility index (Phi) is 46.7. The van der Waals surface area contributed by atoms with E-state index in [4.69, 9.17) is 17.5 Å². The fraction of sp³-hybridized carbons (Fsp3) is 1.00. The second-order valence-corrected chi connectivity index (χ2v) is 15.9. The van der Waals surface area contributed by atoms with Crippen LogP contribution in [0, 0.1) is 0 Å². The summed E-state index contributed by atoms with van der Waals surface area (Å²) in [5.74, 6) is 0. The first kappa shape index (κ1) is 52.2. The van der Waals surface area contributed by atoms with Crippen molar-refractivity contribution in [3.63, 3.8) is 0 Å². The van der Waals surface area contributed by atoms with Crippen molar-refractivity contribution < 1.29 is 27.7 Å². The van der Waals surface area contributed by atoms with E-state index in [1.54, 1.807) is 7.05 Å². The standard InChI is InChI=1S/C40H84N.CH5N.H2O4S/c1-5-7-9-11-13-15-17-19-21-22-23-24-25-26-28-30-32-34-36-38-40-41(3,4)39-37-35-33-31-29-27-20-18-16-14-12-10-8-6-2;1-2;1-5(2,3)4/h5-40H2,1-4H3;2H2,1H3;(H2,1,2,3,4)/q+1;;/p-1. The third-order valence-corrected chi connectivity index (χ3v) is 9.73. The van der Waals surface area contributed by atoms with Crippen LogP contribution in [0.15, 0.2) is 0 Å². The number of hydrogen-bond acceptors (Lipinski definition) is 4. The average Bonchev–Trinajstić information content (AvgIpc) is 3.04. The summed E-state index contributed by atoms with van der Waals surface area (Å²) in [6.45, 7) is 7.39. The minimum absolute atomic E-state index is 1.25. The topological polar surface area (TPSA) is 108 Å². The number of unbranched alkanes of at least 4 members (excludes halogenated alkanes) is 32. The second-order valence-electron chi connectivity index (χ2n) is 15.1. The number of quaternary nitrogens is 2. The maximum absolute atomic E-state index is 8.52. The molecule has 0 saturated carbocycles. The zero-order valence-corrected chi connectivity index (χ0v) is 34.5. The fourth-order valence-corrected chi connectivity index (χ4v) is 6.64. The number of hydrogen-bond donors (Lipinski definition) is 1. The van der Waals surface area contributed by atoms with E-state index >= 15 is 0 Å². The van der Waals surface area contributed by atoms with Gasteiger partial charge in [-0.1, -0.05) is 206 Å². The minimum Gasteiger partial charge on any atom is -0.759 e. The van der Waals surface area contributed by atoms with Gasteiger partial charge < -0.3 is 19.3 Å². The normalized spacial score (nSPS) is 11.6. The predicted molar refractivity (Wildman–Crippen MR) is 209 cm³/mol. The van der Waals surface area contributed by atoms with Crippen LogP contribution < -0.4 is 5.73 Å². The zero-order chi connectivity index (χ0) is 36.5. The van der Waals surface area contributed by atoms with Crippen LogP contribution in [-0.4, -0.2) is 56.2 Å². The van der Waals surface area contributed by atoms with E-state index in [0.717, 1.165) is 0 Å². The molecule has 0 unspecified atom stereocenters. The van der Waals surface area contributed by atoms with Gasteiger partial charge in [-0.2, -0.15) is 0 Å². The van der Waals surface area contributed by atoms with Crippen molar-refractivity contribution in [2.45, 2.75) is 232 Å². The molecule has 6 nitrogen and oxygen atoms in total. The SMILES string of the molecule is CCCCCCCCCCCCCCCCCCCCCC[N+](C)(C)CCCCCCCCCCCCCCCC.C[NH3+].O=S(=O)([O-])[O-]. The Bertz CT molecular complexity index is 665. The molecule has 0 aromatic heterocycles. The molecule has 3 N–H and O–H groups in total. The summed E-state index contributed by atoms with van der Waals surface area (Å²) in [5.41, 5.74) is 3.25. The lowest BCUT2D eigenvalue weighted by atomic mass is 10.0. The molecule has 0 bridgehead atoms. The van der Waals surface area contributed by atoms with Crippen LogP contribution in [0.2, 0.25) is 0 Å². The highest BCUT2D eigenvalue weighted by Crippen LogP contribution is 2.16. The second kappa shape index (κ2) is 43.0. The van der Waals surface area contributed by atoms with Crippen LogP contribution in [0.3, 0.4) is 0 Å². The first-order valence-electron chi connectivity index (χ1n) is 21.3. The van der Waals surface area contributed by atoms with Gasteiger partial charge >= 0.3 is 0 Å². The summed E-state index contributed by atoms with van der Waals surface area (Å²) in [6, 6.07) is 0. The van der Waals surface area contributed by atoms with Gasteiger partial charge in [-0.25, -0.2) is 0 Å². The fourth-order valence-electron chi connectivity index (χ4n) is 6.64. The Morgan fingerprint density at radius 1 is 0.354 bits per heavy atom. The highest BCUT2D eigenvalue weighted by molar-refractivity contribution is 7.79. The molecule has 0 heterocycles. The maximum atomic E-state index is 8.52. The molecule has 7 heteroatoms. The Balaban J connectivity index is -0.00000262. The van der Waals surface area contributed by atoms with Crippen molar-refractivity contribution >= 4 is 10.4 Å². The zero-order valence-electron chi connectivity index (χ0n) is 33.7. The molecular weight excluding hydrogens is 617 g/mol. The maximum Gasteiger partial charge on any atom is 0.0782 e. The molecule has 0 rings (SSSR count). The Morgan fingerprint density at radius 2 is 0.479 bits per heavy atom. The van der Waals surface area contributed by atoms with E-state index in [-0.39, 0.29) is 0 Å². The Hall–Kier alpha value is -0.210. The van der Waals surface area contributed by atoms with Gasteiger partial charge in [-0.3, -0.25) is 8.42 Å². The van der Waals surface area contributed by atoms with Gasteiger partial charge in [0.15, 0.2) is 0 Å². The van der Waals surface area contributed by atoms with Crippen molar-refractivity contribution in [2.24, 2.45) is 0 Å². The van der Waals surface area contributed by atoms with E-state index in [1.807, 2.05) is 0 Å². The summed E-state index contributed by atoms with van der Waals surface area (Å²) < 4.78 is 35.3. The van der Waals surface area contributed by atoms with E-state index in [0.29, 0.717) is 0 Å². The molecule has 0 radical (unpaired) electrons. The van der Waals surface area contributed by atoms with E-state index < -0.39 is 10.4 Å². The lowest BCUT2D eigenvalue weighted by Crippen LogP contribution is -2.41.